The van der Waals surface area contributed by atoms with Gasteiger partial charge in [-0.05, 0) is 44.2 Å². The van der Waals surface area contributed by atoms with Gasteiger partial charge in [-0.1, -0.05) is 60.7 Å². The number of carbonyl (C=O) groups excluding carboxylic acids is 2. The smallest absolute Gasteiger partial charge is 0.433 e. The summed E-state index contributed by atoms with van der Waals surface area (Å²) in [6.07, 6.45) is 1.11. The number of rotatable bonds is 14. The molecule has 0 aliphatic rings. The average Bonchev–Trinajstić information content (AvgIpc) is 2.84. The molecule has 0 aromatic heterocycles. The van der Waals surface area contributed by atoms with E-state index in [1.165, 1.54) is 10.1 Å². The standard InChI is InChI=1S/C25H34N2O6/c1-3-30-24(28)26(32-20-22-14-8-5-9-15-22)18-12-7-13-19-27(25(29)31-4-2)33-21-23-16-10-6-11-17-23/h5-6,8-11,14-17H,3-4,7,12-13,18-21H2,1-2H3. The summed E-state index contributed by atoms with van der Waals surface area (Å²) in [6.45, 7) is 5.40. The molecule has 2 aromatic rings. The zero-order valence-electron chi connectivity index (χ0n) is 19.5. The van der Waals surface area contributed by atoms with Crippen molar-refractivity contribution in [1.29, 1.82) is 0 Å². The van der Waals surface area contributed by atoms with Crippen molar-refractivity contribution in [3.63, 3.8) is 0 Å². The molecule has 0 unspecified atom stereocenters. The minimum absolute atomic E-state index is 0.275. The molecule has 2 amide bonds. The van der Waals surface area contributed by atoms with Crippen LogP contribution in [0.5, 0.6) is 0 Å². The maximum absolute atomic E-state index is 12.2. The number of hydrogen-bond donors (Lipinski definition) is 0. The first-order chi connectivity index (χ1) is 16.1. The van der Waals surface area contributed by atoms with Gasteiger partial charge in [0.25, 0.3) is 0 Å². The molecule has 0 fully saturated rings. The second kappa shape index (κ2) is 15.7. The van der Waals surface area contributed by atoms with Gasteiger partial charge in [0.15, 0.2) is 0 Å². The van der Waals surface area contributed by atoms with Crippen LogP contribution >= 0.6 is 0 Å². The summed E-state index contributed by atoms with van der Waals surface area (Å²) in [5, 5.41) is 2.51. The van der Waals surface area contributed by atoms with Crippen molar-refractivity contribution in [3.05, 3.63) is 71.8 Å². The van der Waals surface area contributed by atoms with Crippen LogP contribution in [0, 0.1) is 0 Å². The Kier molecular flexibility index (Phi) is 12.4. The fourth-order valence-corrected chi connectivity index (χ4v) is 2.95. The van der Waals surface area contributed by atoms with Gasteiger partial charge in [-0.15, -0.1) is 0 Å². The summed E-state index contributed by atoms with van der Waals surface area (Å²) in [5.41, 5.74) is 1.93. The highest BCUT2D eigenvalue weighted by Crippen LogP contribution is 2.10. The second-order valence-electron chi connectivity index (χ2n) is 7.18. The molecule has 0 aliphatic carbocycles. The van der Waals surface area contributed by atoms with Crippen molar-refractivity contribution in [1.82, 2.24) is 10.1 Å². The molecule has 0 spiro atoms. The molecule has 0 saturated heterocycles. The van der Waals surface area contributed by atoms with Crippen LogP contribution in [0.1, 0.15) is 44.2 Å². The van der Waals surface area contributed by atoms with E-state index in [0.29, 0.717) is 25.9 Å². The number of unbranched alkanes of at least 4 members (excludes halogenated alkanes) is 2. The summed E-state index contributed by atoms with van der Waals surface area (Å²) in [4.78, 5) is 35.8. The van der Waals surface area contributed by atoms with E-state index in [0.717, 1.165) is 17.5 Å². The van der Waals surface area contributed by atoms with Crippen LogP contribution in [0.25, 0.3) is 0 Å². The van der Waals surface area contributed by atoms with Crippen LogP contribution in [0.15, 0.2) is 60.7 Å². The van der Waals surface area contributed by atoms with E-state index in [1.807, 2.05) is 60.7 Å². The fourth-order valence-electron chi connectivity index (χ4n) is 2.95. The van der Waals surface area contributed by atoms with Gasteiger partial charge in [-0.3, -0.25) is 9.68 Å². The molecule has 8 heteroatoms. The maximum atomic E-state index is 12.2. The number of nitrogens with zero attached hydrogens (tertiary/aromatic N) is 2. The number of benzene rings is 2. The minimum atomic E-state index is -0.507. The van der Waals surface area contributed by atoms with Gasteiger partial charge in [-0.2, -0.15) is 10.1 Å². The van der Waals surface area contributed by atoms with Crippen LogP contribution in [0.3, 0.4) is 0 Å². The van der Waals surface area contributed by atoms with E-state index in [4.69, 9.17) is 19.1 Å². The lowest BCUT2D eigenvalue weighted by Crippen LogP contribution is -2.33. The normalized spacial score (nSPS) is 10.5. The lowest BCUT2D eigenvalue weighted by molar-refractivity contribution is -0.150. The van der Waals surface area contributed by atoms with E-state index in [1.54, 1.807) is 13.8 Å². The third-order valence-corrected chi connectivity index (χ3v) is 4.63. The first-order valence-corrected chi connectivity index (χ1v) is 11.4. The van der Waals surface area contributed by atoms with Gasteiger partial charge in [-0.25, -0.2) is 9.59 Å². The summed E-state index contributed by atoms with van der Waals surface area (Å²) < 4.78 is 10.2. The third-order valence-electron chi connectivity index (χ3n) is 4.63. The number of ether oxygens (including phenoxy) is 2. The van der Waals surface area contributed by atoms with Gasteiger partial charge in [0, 0.05) is 0 Å². The minimum Gasteiger partial charge on any atom is -0.448 e. The Morgan fingerprint density at radius 3 is 1.39 bits per heavy atom. The van der Waals surface area contributed by atoms with Gasteiger partial charge in [0.05, 0.1) is 26.3 Å². The van der Waals surface area contributed by atoms with E-state index in [9.17, 15) is 9.59 Å². The zero-order valence-corrected chi connectivity index (χ0v) is 19.5. The molecule has 8 nitrogen and oxygen atoms in total. The number of amides is 2. The van der Waals surface area contributed by atoms with Crippen molar-refractivity contribution in [2.75, 3.05) is 26.3 Å². The molecule has 0 atom stereocenters. The van der Waals surface area contributed by atoms with Gasteiger partial charge in [0.1, 0.15) is 13.2 Å². The van der Waals surface area contributed by atoms with Crippen molar-refractivity contribution in [2.45, 2.75) is 46.3 Å². The van der Waals surface area contributed by atoms with Crippen molar-refractivity contribution < 1.29 is 28.7 Å². The van der Waals surface area contributed by atoms with Crippen LogP contribution < -0.4 is 0 Å². The molecule has 2 rings (SSSR count). The third kappa shape index (κ3) is 10.4. The van der Waals surface area contributed by atoms with E-state index in [2.05, 4.69) is 0 Å². The largest absolute Gasteiger partial charge is 0.448 e. The molecule has 180 valence electrons. The highest BCUT2D eigenvalue weighted by Gasteiger charge is 2.17. The van der Waals surface area contributed by atoms with Crippen LogP contribution in [0.4, 0.5) is 9.59 Å². The predicted octanol–water partition coefficient (Wildman–Crippen LogP) is 5.34. The Morgan fingerprint density at radius 2 is 1.03 bits per heavy atom. The molecular formula is C25H34N2O6. The molecule has 0 radical (unpaired) electrons. The lowest BCUT2D eigenvalue weighted by Gasteiger charge is -2.22. The van der Waals surface area contributed by atoms with Crippen LogP contribution in [-0.4, -0.2) is 48.6 Å². The molecule has 0 aliphatic heterocycles. The Balaban J connectivity index is 1.78. The molecule has 0 saturated carbocycles. The van der Waals surface area contributed by atoms with E-state index >= 15 is 0 Å². The average molecular weight is 459 g/mol. The van der Waals surface area contributed by atoms with Gasteiger partial charge < -0.3 is 9.47 Å². The highest BCUT2D eigenvalue weighted by molar-refractivity contribution is 5.66. The van der Waals surface area contributed by atoms with Crippen LogP contribution in [0.2, 0.25) is 0 Å². The topological polar surface area (TPSA) is 77.5 Å². The van der Waals surface area contributed by atoms with Crippen LogP contribution in [-0.2, 0) is 32.4 Å². The number of hydrogen-bond acceptors (Lipinski definition) is 6. The monoisotopic (exact) mass is 458 g/mol. The molecular weight excluding hydrogens is 424 g/mol. The fraction of sp³-hybridized carbons (Fsp3) is 0.440. The van der Waals surface area contributed by atoms with Crippen molar-refractivity contribution >= 4 is 12.2 Å². The summed E-state index contributed by atoms with van der Waals surface area (Å²) in [5.74, 6) is 0. The SMILES string of the molecule is CCOC(=O)N(CCCCCN(OCc1ccccc1)C(=O)OCC)OCc1ccccc1. The highest BCUT2D eigenvalue weighted by atomic mass is 16.7. The molecule has 0 heterocycles. The first-order valence-electron chi connectivity index (χ1n) is 11.4. The number of carbonyl (C=O) groups is 2. The Hall–Kier alpha value is -3.10. The molecule has 2 aromatic carbocycles. The Labute approximate surface area is 195 Å². The maximum Gasteiger partial charge on any atom is 0.433 e. The molecule has 0 bridgehead atoms. The van der Waals surface area contributed by atoms with E-state index < -0.39 is 12.2 Å². The Morgan fingerprint density at radius 1 is 0.636 bits per heavy atom. The number of hydroxylamine groups is 4. The summed E-state index contributed by atoms with van der Waals surface area (Å²) in [6, 6.07) is 19.3. The van der Waals surface area contributed by atoms with Gasteiger partial charge in [0.2, 0.25) is 0 Å². The van der Waals surface area contributed by atoms with E-state index in [-0.39, 0.29) is 26.4 Å². The first kappa shape index (κ1) is 26.2. The summed E-state index contributed by atoms with van der Waals surface area (Å²) in [7, 11) is 0. The lowest BCUT2D eigenvalue weighted by atomic mass is 10.2. The van der Waals surface area contributed by atoms with Crippen molar-refractivity contribution in [2.24, 2.45) is 0 Å². The Bertz CT molecular complexity index is 736. The quantitative estimate of drug-likeness (QED) is 0.281. The second-order valence-corrected chi connectivity index (χ2v) is 7.18. The van der Waals surface area contributed by atoms with Gasteiger partial charge >= 0.3 is 12.2 Å². The molecule has 33 heavy (non-hydrogen) atoms. The zero-order chi connectivity index (χ0) is 23.7. The summed E-state index contributed by atoms with van der Waals surface area (Å²) >= 11 is 0. The molecule has 0 N–H and O–H groups in total. The van der Waals surface area contributed by atoms with Crippen molar-refractivity contribution in [3.8, 4) is 0 Å². The predicted molar refractivity (Wildman–Crippen MR) is 124 cm³/mol.